The molecular weight excluding hydrogens is 222 g/mol. The number of nitriles is 1. The molecule has 1 N–H and O–H groups in total. The summed E-state index contributed by atoms with van der Waals surface area (Å²) < 4.78 is 2.25. The SMILES string of the molecule is CCCNCCCn1ccc2cc(C#N)ccc21. The first kappa shape index (κ1) is 12.7. The van der Waals surface area contributed by atoms with Crippen LogP contribution in [0.25, 0.3) is 10.9 Å². The highest BCUT2D eigenvalue weighted by molar-refractivity contribution is 5.81. The van der Waals surface area contributed by atoms with Gasteiger partial charge in [-0.1, -0.05) is 6.92 Å². The summed E-state index contributed by atoms with van der Waals surface area (Å²) in [5, 5.41) is 13.4. The van der Waals surface area contributed by atoms with Gasteiger partial charge in [-0.2, -0.15) is 5.26 Å². The number of fused-ring (bicyclic) bond motifs is 1. The molecule has 2 aromatic rings. The topological polar surface area (TPSA) is 40.8 Å². The summed E-state index contributed by atoms with van der Waals surface area (Å²) in [5.74, 6) is 0. The quantitative estimate of drug-likeness (QED) is 0.790. The molecule has 94 valence electrons. The number of benzene rings is 1. The van der Waals surface area contributed by atoms with Crippen LogP contribution < -0.4 is 5.32 Å². The van der Waals surface area contributed by atoms with Gasteiger partial charge in [-0.3, -0.25) is 0 Å². The van der Waals surface area contributed by atoms with Crippen LogP contribution >= 0.6 is 0 Å². The second-order valence-electron chi connectivity index (χ2n) is 4.50. The van der Waals surface area contributed by atoms with Gasteiger partial charge in [0.25, 0.3) is 0 Å². The number of aromatic nitrogens is 1. The number of nitrogens with zero attached hydrogens (tertiary/aromatic N) is 2. The molecule has 0 saturated carbocycles. The zero-order valence-electron chi connectivity index (χ0n) is 10.8. The molecule has 0 aliphatic rings. The monoisotopic (exact) mass is 241 g/mol. The van der Waals surface area contributed by atoms with Gasteiger partial charge in [0.2, 0.25) is 0 Å². The first-order chi connectivity index (χ1) is 8.85. The highest BCUT2D eigenvalue weighted by Crippen LogP contribution is 2.17. The molecule has 0 spiro atoms. The lowest BCUT2D eigenvalue weighted by atomic mass is 10.2. The largest absolute Gasteiger partial charge is 0.347 e. The lowest BCUT2D eigenvalue weighted by Crippen LogP contribution is -2.17. The third-order valence-electron chi connectivity index (χ3n) is 3.08. The van der Waals surface area contributed by atoms with E-state index in [2.05, 4.69) is 35.1 Å². The molecule has 0 fully saturated rings. The van der Waals surface area contributed by atoms with E-state index < -0.39 is 0 Å². The van der Waals surface area contributed by atoms with E-state index in [1.54, 1.807) is 0 Å². The second-order valence-corrected chi connectivity index (χ2v) is 4.50. The van der Waals surface area contributed by atoms with E-state index in [0.29, 0.717) is 0 Å². The Kier molecular flexibility index (Phi) is 4.38. The lowest BCUT2D eigenvalue weighted by Gasteiger charge is -2.06. The minimum Gasteiger partial charge on any atom is -0.347 e. The third kappa shape index (κ3) is 2.91. The van der Waals surface area contributed by atoms with Crippen LogP contribution in [0.2, 0.25) is 0 Å². The van der Waals surface area contributed by atoms with Gasteiger partial charge < -0.3 is 9.88 Å². The summed E-state index contributed by atoms with van der Waals surface area (Å²) in [5.41, 5.74) is 1.94. The van der Waals surface area contributed by atoms with Crippen LogP contribution in [0.15, 0.2) is 30.5 Å². The summed E-state index contributed by atoms with van der Waals surface area (Å²) in [7, 11) is 0. The Morgan fingerprint density at radius 1 is 1.28 bits per heavy atom. The van der Waals surface area contributed by atoms with Crippen molar-refractivity contribution in [1.29, 1.82) is 5.26 Å². The highest BCUT2D eigenvalue weighted by Gasteiger charge is 2.01. The fourth-order valence-corrected chi connectivity index (χ4v) is 2.14. The van der Waals surface area contributed by atoms with Gasteiger partial charge in [0, 0.05) is 23.6 Å². The number of aryl methyl sites for hydroxylation is 1. The normalized spacial score (nSPS) is 10.7. The van der Waals surface area contributed by atoms with Crippen molar-refractivity contribution in [3.8, 4) is 6.07 Å². The van der Waals surface area contributed by atoms with Crippen LogP contribution in [-0.4, -0.2) is 17.7 Å². The van der Waals surface area contributed by atoms with E-state index in [-0.39, 0.29) is 0 Å². The molecule has 1 aromatic heterocycles. The molecular formula is C15H19N3. The zero-order chi connectivity index (χ0) is 12.8. The number of rotatable bonds is 6. The molecule has 0 saturated heterocycles. The fourth-order valence-electron chi connectivity index (χ4n) is 2.14. The smallest absolute Gasteiger partial charge is 0.0991 e. The van der Waals surface area contributed by atoms with E-state index in [1.165, 1.54) is 11.9 Å². The van der Waals surface area contributed by atoms with Crippen LogP contribution in [0.1, 0.15) is 25.3 Å². The maximum atomic E-state index is 8.86. The van der Waals surface area contributed by atoms with Crippen molar-refractivity contribution in [2.75, 3.05) is 13.1 Å². The van der Waals surface area contributed by atoms with Crippen molar-refractivity contribution in [2.45, 2.75) is 26.3 Å². The van der Waals surface area contributed by atoms with Crippen LogP contribution in [0.5, 0.6) is 0 Å². The van der Waals surface area contributed by atoms with E-state index in [1.807, 2.05) is 18.2 Å². The van der Waals surface area contributed by atoms with Gasteiger partial charge >= 0.3 is 0 Å². The Morgan fingerprint density at radius 3 is 2.94 bits per heavy atom. The first-order valence-corrected chi connectivity index (χ1v) is 6.55. The predicted octanol–water partition coefficient (Wildman–Crippen LogP) is 2.90. The van der Waals surface area contributed by atoms with Gasteiger partial charge in [0.1, 0.15) is 0 Å². The summed E-state index contributed by atoms with van der Waals surface area (Å²) in [4.78, 5) is 0. The molecule has 0 unspecified atom stereocenters. The third-order valence-corrected chi connectivity index (χ3v) is 3.08. The molecule has 0 radical (unpaired) electrons. The molecule has 0 aliphatic carbocycles. The molecule has 18 heavy (non-hydrogen) atoms. The second kappa shape index (κ2) is 6.23. The highest BCUT2D eigenvalue weighted by atomic mass is 15.0. The van der Waals surface area contributed by atoms with Crippen molar-refractivity contribution in [1.82, 2.24) is 9.88 Å². The first-order valence-electron chi connectivity index (χ1n) is 6.55. The maximum absolute atomic E-state index is 8.86. The van der Waals surface area contributed by atoms with Crippen LogP contribution in [0.4, 0.5) is 0 Å². The Balaban J connectivity index is 1.99. The summed E-state index contributed by atoms with van der Waals surface area (Å²) in [6.45, 7) is 5.35. The summed E-state index contributed by atoms with van der Waals surface area (Å²) in [6.07, 6.45) is 4.42. The Morgan fingerprint density at radius 2 is 2.17 bits per heavy atom. The Labute approximate surface area is 108 Å². The zero-order valence-corrected chi connectivity index (χ0v) is 10.8. The number of hydrogen-bond donors (Lipinski definition) is 1. The van der Waals surface area contributed by atoms with Crippen LogP contribution in [0, 0.1) is 11.3 Å². The van der Waals surface area contributed by atoms with Crippen molar-refractivity contribution in [3.05, 3.63) is 36.0 Å². The molecule has 0 bridgehead atoms. The summed E-state index contributed by atoms with van der Waals surface area (Å²) >= 11 is 0. The van der Waals surface area contributed by atoms with E-state index in [9.17, 15) is 0 Å². The Hall–Kier alpha value is -1.79. The van der Waals surface area contributed by atoms with Gasteiger partial charge in [-0.15, -0.1) is 0 Å². The molecule has 3 nitrogen and oxygen atoms in total. The van der Waals surface area contributed by atoms with E-state index in [0.717, 1.165) is 37.0 Å². The van der Waals surface area contributed by atoms with Crippen molar-refractivity contribution >= 4 is 10.9 Å². The molecule has 2 rings (SSSR count). The maximum Gasteiger partial charge on any atom is 0.0991 e. The molecule has 1 aromatic carbocycles. The number of nitrogens with one attached hydrogen (secondary N) is 1. The van der Waals surface area contributed by atoms with Crippen LogP contribution in [0.3, 0.4) is 0 Å². The number of hydrogen-bond acceptors (Lipinski definition) is 2. The fraction of sp³-hybridized carbons (Fsp3) is 0.400. The minimum atomic E-state index is 0.727. The minimum absolute atomic E-state index is 0.727. The lowest BCUT2D eigenvalue weighted by molar-refractivity contribution is 0.587. The predicted molar refractivity (Wildman–Crippen MR) is 74.4 cm³/mol. The molecule has 0 aliphatic heterocycles. The van der Waals surface area contributed by atoms with E-state index in [4.69, 9.17) is 5.26 Å². The molecule has 1 heterocycles. The van der Waals surface area contributed by atoms with Crippen LogP contribution in [-0.2, 0) is 6.54 Å². The van der Waals surface area contributed by atoms with Crippen molar-refractivity contribution in [2.24, 2.45) is 0 Å². The summed E-state index contributed by atoms with van der Waals surface area (Å²) in [6, 6.07) is 10.1. The van der Waals surface area contributed by atoms with Gasteiger partial charge in [0.15, 0.2) is 0 Å². The van der Waals surface area contributed by atoms with Crippen molar-refractivity contribution in [3.63, 3.8) is 0 Å². The van der Waals surface area contributed by atoms with Gasteiger partial charge in [-0.25, -0.2) is 0 Å². The van der Waals surface area contributed by atoms with Crippen molar-refractivity contribution < 1.29 is 0 Å². The van der Waals surface area contributed by atoms with E-state index >= 15 is 0 Å². The standard InChI is InChI=1S/C15H19N3/c1-2-7-17-8-3-9-18-10-6-14-11-13(12-16)4-5-15(14)18/h4-6,10-11,17H,2-3,7-9H2,1H3. The molecule has 0 amide bonds. The van der Waals surface area contributed by atoms with Gasteiger partial charge in [-0.05, 0) is 50.2 Å². The average Bonchev–Trinajstić information content (AvgIpc) is 2.81. The molecule has 0 atom stereocenters. The average molecular weight is 241 g/mol. The Bertz CT molecular complexity index is 548. The molecule has 3 heteroatoms. The van der Waals surface area contributed by atoms with Gasteiger partial charge in [0.05, 0.1) is 11.6 Å².